The zero-order valence-corrected chi connectivity index (χ0v) is 18.7. The number of nitrogens with zero attached hydrogens (tertiary/aromatic N) is 1. The maximum absolute atomic E-state index is 12.8. The molecule has 34 heavy (non-hydrogen) atoms. The third kappa shape index (κ3) is 5.04. The summed E-state index contributed by atoms with van der Waals surface area (Å²) in [4.78, 5) is 51.3. The van der Waals surface area contributed by atoms with Crippen LogP contribution in [-0.2, 0) is 16.0 Å². The Morgan fingerprint density at radius 3 is 2.24 bits per heavy atom. The van der Waals surface area contributed by atoms with Gasteiger partial charge in [-0.2, -0.15) is 0 Å². The van der Waals surface area contributed by atoms with Crippen LogP contribution in [0.2, 0.25) is 0 Å². The van der Waals surface area contributed by atoms with Gasteiger partial charge in [0.2, 0.25) is 0 Å². The van der Waals surface area contributed by atoms with E-state index < -0.39 is 24.4 Å². The number of ether oxygens (including phenoxy) is 1. The minimum Gasteiger partial charge on any atom is -0.452 e. The molecule has 3 amide bonds. The van der Waals surface area contributed by atoms with Gasteiger partial charge in [0.1, 0.15) is 0 Å². The lowest BCUT2D eigenvalue weighted by molar-refractivity contribution is -0.124. The standard InChI is InChI=1S/C27H24N2O5/c1-18(20-10-6-3-7-11-20)28-24(30)17-34-27(33)21-12-13-22-23(16-21)26(32)29(25(22)31)15-14-19-8-4-2-5-9-19/h2-13,16,18H,14-15,17H2,1H3,(H,28,30). The van der Waals surface area contributed by atoms with Gasteiger partial charge in [-0.05, 0) is 42.7 Å². The lowest BCUT2D eigenvalue weighted by Crippen LogP contribution is -2.31. The molecule has 0 fully saturated rings. The summed E-state index contributed by atoms with van der Waals surface area (Å²) in [6.07, 6.45) is 0.539. The third-order valence-corrected chi connectivity index (χ3v) is 5.68. The summed E-state index contributed by atoms with van der Waals surface area (Å²) in [5.74, 6) is -2.01. The fourth-order valence-corrected chi connectivity index (χ4v) is 3.83. The van der Waals surface area contributed by atoms with E-state index in [-0.39, 0.29) is 35.2 Å². The average molecular weight is 456 g/mol. The Labute approximate surface area is 197 Å². The molecule has 0 radical (unpaired) electrons. The monoisotopic (exact) mass is 456 g/mol. The van der Waals surface area contributed by atoms with Crippen LogP contribution in [0.3, 0.4) is 0 Å². The van der Waals surface area contributed by atoms with Gasteiger partial charge < -0.3 is 10.1 Å². The summed E-state index contributed by atoms with van der Waals surface area (Å²) in [6.45, 7) is 1.63. The summed E-state index contributed by atoms with van der Waals surface area (Å²) in [5.41, 5.74) is 2.47. The number of esters is 1. The second kappa shape index (κ2) is 10.1. The fraction of sp³-hybridized carbons (Fsp3) is 0.185. The Morgan fingerprint density at radius 2 is 1.53 bits per heavy atom. The van der Waals surface area contributed by atoms with Gasteiger partial charge in [0.05, 0.1) is 22.7 Å². The lowest BCUT2D eigenvalue weighted by atomic mass is 10.1. The zero-order valence-electron chi connectivity index (χ0n) is 18.7. The van der Waals surface area contributed by atoms with E-state index in [4.69, 9.17) is 4.74 Å². The number of amides is 3. The van der Waals surface area contributed by atoms with Crippen LogP contribution in [-0.4, -0.2) is 41.7 Å². The molecule has 0 aliphatic carbocycles. The van der Waals surface area contributed by atoms with Gasteiger partial charge in [-0.25, -0.2) is 4.79 Å². The third-order valence-electron chi connectivity index (χ3n) is 5.68. The first-order valence-corrected chi connectivity index (χ1v) is 11.0. The minimum absolute atomic E-state index is 0.105. The molecule has 0 bridgehead atoms. The van der Waals surface area contributed by atoms with E-state index in [0.29, 0.717) is 6.42 Å². The average Bonchev–Trinajstić information content (AvgIpc) is 3.11. The molecule has 3 aromatic carbocycles. The molecule has 1 aliphatic rings. The van der Waals surface area contributed by atoms with E-state index in [0.717, 1.165) is 11.1 Å². The second-order valence-electron chi connectivity index (χ2n) is 8.03. The number of nitrogens with one attached hydrogen (secondary N) is 1. The number of hydrogen-bond acceptors (Lipinski definition) is 5. The molecule has 1 aliphatic heterocycles. The van der Waals surface area contributed by atoms with Crippen LogP contribution in [0.1, 0.15) is 55.2 Å². The van der Waals surface area contributed by atoms with Crippen LogP contribution in [0.5, 0.6) is 0 Å². The second-order valence-corrected chi connectivity index (χ2v) is 8.03. The van der Waals surface area contributed by atoms with Crippen LogP contribution in [0.4, 0.5) is 0 Å². The maximum atomic E-state index is 12.8. The zero-order chi connectivity index (χ0) is 24.1. The highest BCUT2D eigenvalue weighted by molar-refractivity contribution is 6.22. The molecule has 0 aromatic heterocycles. The Kier molecular flexibility index (Phi) is 6.82. The van der Waals surface area contributed by atoms with Gasteiger partial charge in [-0.1, -0.05) is 60.7 Å². The molecule has 3 aromatic rings. The van der Waals surface area contributed by atoms with Crippen molar-refractivity contribution in [2.75, 3.05) is 13.2 Å². The summed E-state index contributed by atoms with van der Waals surface area (Å²) in [6, 6.07) is 23.0. The smallest absolute Gasteiger partial charge is 0.338 e. The molecule has 1 unspecified atom stereocenters. The van der Waals surface area contributed by atoms with Gasteiger partial charge in [-0.15, -0.1) is 0 Å². The van der Waals surface area contributed by atoms with Crippen molar-refractivity contribution < 1.29 is 23.9 Å². The predicted octanol–water partition coefficient (Wildman–Crippen LogP) is 3.56. The molecule has 172 valence electrons. The number of hydrogen-bond donors (Lipinski definition) is 1. The maximum Gasteiger partial charge on any atom is 0.338 e. The van der Waals surface area contributed by atoms with Crippen LogP contribution in [0.15, 0.2) is 78.9 Å². The molecule has 1 N–H and O–H groups in total. The largest absolute Gasteiger partial charge is 0.452 e. The minimum atomic E-state index is -0.742. The first kappa shape index (κ1) is 22.9. The molecule has 0 saturated carbocycles. The molecule has 7 nitrogen and oxygen atoms in total. The van der Waals surface area contributed by atoms with Crippen molar-refractivity contribution in [3.05, 3.63) is 107 Å². The highest BCUT2D eigenvalue weighted by Crippen LogP contribution is 2.24. The normalized spacial score (nSPS) is 13.4. The van der Waals surface area contributed by atoms with Gasteiger partial charge in [0, 0.05) is 6.54 Å². The van der Waals surface area contributed by atoms with E-state index in [1.807, 2.05) is 67.6 Å². The van der Waals surface area contributed by atoms with Gasteiger partial charge in [0.25, 0.3) is 17.7 Å². The lowest BCUT2D eigenvalue weighted by Gasteiger charge is -2.14. The van der Waals surface area contributed by atoms with E-state index in [9.17, 15) is 19.2 Å². The summed E-state index contributed by atoms with van der Waals surface area (Å²) >= 11 is 0. The molecule has 4 rings (SSSR count). The first-order chi connectivity index (χ1) is 16.4. The van der Waals surface area contributed by atoms with Crippen molar-refractivity contribution in [2.45, 2.75) is 19.4 Å². The quantitative estimate of drug-likeness (QED) is 0.413. The highest BCUT2D eigenvalue weighted by Gasteiger charge is 2.35. The van der Waals surface area contributed by atoms with E-state index >= 15 is 0 Å². The molecular weight excluding hydrogens is 432 g/mol. The molecule has 0 spiro atoms. The molecule has 1 atom stereocenters. The summed E-state index contributed by atoms with van der Waals surface area (Å²) < 4.78 is 5.12. The van der Waals surface area contributed by atoms with Crippen LogP contribution in [0.25, 0.3) is 0 Å². The molecule has 7 heteroatoms. The van der Waals surface area contributed by atoms with Crippen molar-refractivity contribution in [2.24, 2.45) is 0 Å². The van der Waals surface area contributed by atoms with Crippen LogP contribution >= 0.6 is 0 Å². The first-order valence-electron chi connectivity index (χ1n) is 11.0. The van der Waals surface area contributed by atoms with Crippen molar-refractivity contribution in [1.29, 1.82) is 0 Å². The SMILES string of the molecule is CC(NC(=O)COC(=O)c1ccc2c(c1)C(=O)N(CCc1ccccc1)C2=O)c1ccccc1. The van der Waals surface area contributed by atoms with Crippen molar-refractivity contribution in [3.8, 4) is 0 Å². The van der Waals surface area contributed by atoms with Crippen molar-refractivity contribution in [1.82, 2.24) is 10.2 Å². The van der Waals surface area contributed by atoms with Gasteiger partial charge in [0.15, 0.2) is 6.61 Å². The van der Waals surface area contributed by atoms with Crippen LogP contribution < -0.4 is 5.32 Å². The number of fused-ring (bicyclic) bond motifs is 1. The number of rotatable bonds is 8. The fourth-order valence-electron chi connectivity index (χ4n) is 3.83. The predicted molar refractivity (Wildman–Crippen MR) is 125 cm³/mol. The number of carbonyl (C=O) groups is 4. The van der Waals surface area contributed by atoms with Gasteiger partial charge in [-0.3, -0.25) is 19.3 Å². The summed E-state index contributed by atoms with van der Waals surface area (Å²) in [5, 5.41) is 2.77. The van der Waals surface area contributed by atoms with E-state index in [2.05, 4.69) is 5.32 Å². The topological polar surface area (TPSA) is 92.8 Å². The van der Waals surface area contributed by atoms with Crippen molar-refractivity contribution in [3.63, 3.8) is 0 Å². The molecular formula is C27H24N2O5. The van der Waals surface area contributed by atoms with E-state index in [1.165, 1.54) is 23.1 Å². The van der Waals surface area contributed by atoms with Crippen LogP contribution in [0, 0.1) is 0 Å². The van der Waals surface area contributed by atoms with Gasteiger partial charge >= 0.3 is 5.97 Å². The number of carbonyl (C=O) groups excluding carboxylic acids is 4. The van der Waals surface area contributed by atoms with E-state index in [1.54, 1.807) is 0 Å². The molecule has 1 heterocycles. The Hall–Kier alpha value is -4.26. The number of benzene rings is 3. The molecule has 0 saturated heterocycles. The Balaban J connectivity index is 1.35. The highest BCUT2D eigenvalue weighted by atomic mass is 16.5. The summed E-state index contributed by atoms with van der Waals surface area (Å²) in [7, 11) is 0. The number of imide groups is 1. The Bertz CT molecular complexity index is 1220. The van der Waals surface area contributed by atoms with Crippen molar-refractivity contribution >= 4 is 23.7 Å². The Morgan fingerprint density at radius 1 is 0.882 bits per heavy atom.